The fourth-order valence-electron chi connectivity index (χ4n) is 4.17. The molecule has 3 aromatic rings. The lowest BCUT2D eigenvalue weighted by Gasteiger charge is -2.36. The van der Waals surface area contributed by atoms with Gasteiger partial charge >= 0.3 is 6.09 Å². The standard InChI is InChI=1S/C25H31ClN4O2/c1-25(2,3)32-24(31)29-14-7-6-11-20(29)16-27-23-28-21-12-4-5-13-22(21)30(23)17-18-9-8-10-19(26)15-18/h4-5,8-10,12-13,15,20H,6-7,11,14,16-17H2,1-3H3,(H,27,28). The Labute approximate surface area is 194 Å². The van der Waals surface area contributed by atoms with Gasteiger partial charge in [0, 0.05) is 18.1 Å². The topological polar surface area (TPSA) is 59.4 Å². The van der Waals surface area contributed by atoms with E-state index in [0.717, 1.165) is 53.4 Å². The summed E-state index contributed by atoms with van der Waals surface area (Å²) in [6, 6.07) is 16.1. The summed E-state index contributed by atoms with van der Waals surface area (Å²) in [7, 11) is 0. The van der Waals surface area contributed by atoms with E-state index >= 15 is 0 Å². The highest BCUT2D eigenvalue weighted by molar-refractivity contribution is 6.30. The first kappa shape index (κ1) is 22.5. The van der Waals surface area contributed by atoms with Gasteiger partial charge in [-0.1, -0.05) is 35.9 Å². The highest BCUT2D eigenvalue weighted by Gasteiger charge is 2.30. The van der Waals surface area contributed by atoms with Crippen LogP contribution in [0.5, 0.6) is 0 Å². The quantitative estimate of drug-likeness (QED) is 0.518. The van der Waals surface area contributed by atoms with Crippen molar-refractivity contribution < 1.29 is 9.53 Å². The number of piperidine rings is 1. The fraction of sp³-hybridized carbons (Fsp3) is 0.440. The van der Waals surface area contributed by atoms with E-state index in [2.05, 4.69) is 22.0 Å². The van der Waals surface area contributed by atoms with Crippen LogP contribution in [0, 0.1) is 0 Å². The molecule has 0 radical (unpaired) electrons. The van der Waals surface area contributed by atoms with Gasteiger partial charge in [0.15, 0.2) is 0 Å². The molecule has 1 fully saturated rings. The van der Waals surface area contributed by atoms with Gasteiger partial charge in [0.1, 0.15) is 5.60 Å². The smallest absolute Gasteiger partial charge is 0.410 e. The molecule has 6 nitrogen and oxygen atoms in total. The summed E-state index contributed by atoms with van der Waals surface area (Å²) in [5.74, 6) is 0.792. The van der Waals surface area contributed by atoms with E-state index in [9.17, 15) is 4.79 Å². The molecule has 0 bridgehead atoms. The molecule has 1 aliphatic rings. The highest BCUT2D eigenvalue weighted by Crippen LogP contribution is 2.24. The number of amides is 1. The van der Waals surface area contributed by atoms with Crippen LogP contribution in [0.2, 0.25) is 5.02 Å². The second kappa shape index (κ2) is 9.41. The van der Waals surface area contributed by atoms with Crippen LogP contribution < -0.4 is 5.32 Å². The van der Waals surface area contributed by atoms with E-state index in [-0.39, 0.29) is 12.1 Å². The number of carbonyl (C=O) groups excluding carboxylic acids is 1. The molecule has 170 valence electrons. The SMILES string of the molecule is CC(C)(C)OC(=O)N1CCCCC1CNc1nc2ccccc2n1Cc1cccc(Cl)c1. The Balaban J connectivity index is 1.55. The number of anilines is 1. The zero-order valence-corrected chi connectivity index (χ0v) is 19.7. The van der Waals surface area contributed by atoms with Gasteiger partial charge in [-0.3, -0.25) is 0 Å². The first-order valence-electron chi connectivity index (χ1n) is 11.2. The molecular weight excluding hydrogens is 424 g/mol. The Morgan fingerprint density at radius 1 is 1.19 bits per heavy atom. The number of rotatable bonds is 5. The van der Waals surface area contributed by atoms with Crippen LogP contribution in [-0.2, 0) is 11.3 Å². The minimum absolute atomic E-state index is 0.0676. The van der Waals surface area contributed by atoms with Crippen molar-refractivity contribution >= 4 is 34.7 Å². The average molecular weight is 455 g/mol. The molecular formula is C25H31ClN4O2. The number of benzene rings is 2. The molecule has 1 aromatic heterocycles. The van der Waals surface area contributed by atoms with Crippen LogP contribution in [-0.4, -0.2) is 45.3 Å². The number of ether oxygens (including phenoxy) is 1. The van der Waals surface area contributed by atoms with E-state index in [4.69, 9.17) is 21.3 Å². The van der Waals surface area contributed by atoms with Crippen molar-refractivity contribution in [1.29, 1.82) is 0 Å². The van der Waals surface area contributed by atoms with Crippen LogP contribution in [0.3, 0.4) is 0 Å². The van der Waals surface area contributed by atoms with Gasteiger partial charge in [-0.05, 0) is 69.9 Å². The Morgan fingerprint density at radius 3 is 2.78 bits per heavy atom. The predicted molar refractivity (Wildman–Crippen MR) is 129 cm³/mol. The van der Waals surface area contributed by atoms with Crippen molar-refractivity contribution in [2.75, 3.05) is 18.4 Å². The van der Waals surface area contributed by atoms with Crippen LogP contribution in [0.25, 0.3) is 11.0 Å². The molecule has 1 atom stereocenters. The van der Waals surface area contributed by atoms with E-state index in [1.807, 2.05) is 62.1 Å². The molecule has 1 unspecified atom stereocenters. The number of nitrogens with zero attached hydrogens (tertiary/aromatic N) is 3. The maximum Gasteiger partial charge on any atom is 0.410 e. The van der Waals surface area contributed by atoms with Gasteiger partial charge in [0.05, 0.1) is 23.6 Å². The first-order chi connectivity index (χ1) is 15.3. The molecule has 7 heteroatoms. The van der Waals surface area contributed by atoms with Crippen molar-refractivity contribution in [2.24, 2.45) is 0 Å². The van der Waals surface area contributed by atoms with Crippen molar-refractivity contribution in [3.8, 4) is 0 Å². The van der Waals surface area contributed by atoms with Gasteiger partial charge in [-0.2, -0.15) is 0 Å². The zero-order chi connectivity index (χ0) is 22.7. The summed E-state index contributed by atoms with van der Waals surface area (Å²) >= 11 is 6.21. The first-order valence-corrected chi connectivity index (χ1v) is 11.6. The third kappa shape index (κ3) is 5.36. The summed E-state index contributed by atoms with van der Waals surface area (Å²) in [6.45, 7) is 7.71. The molecule has 2 heterocycles. The van der Waals surface area contributed by atoms with Gasteiger partial charge < -0.3 is 19.5 Å². The van der Waals surface area contributed by atoms with Crippen molar-refractivity contribution in [3.05, 3.63) is 59.1 Å². The van der Waals surface area contributed by atoms with Crippen LogP contribution >= 0.6 is 11.6 Å². The Kier molecular flexibility index (Phi) is 6.60. The lowest BCUT2D eigenvalue weighted by molar-refractivity contribution is 0.0114. The van der Waals surface area contributed by atoms with Crippen LogP contribution in [0.15, 0.2) is 48.5 Å². The Bertz CT molecular complexity index is 1090. The monoisotopic (exact) mass is 454 g/mol. The highest BCUT2D eigenvalue weighted by atomic mass is 35.5. The third-order valence-electron chi connectivity index (χ3n) is 5.64. The van der Waals surface area contributed by atoms with Crippen molar-refractivity contribution in [1.82, 2.24) is 14.5 Å². The molecule has 4 rings (SSSR count). The molecule has 0 aliphatic carbocycles. The van der Waals surface area contributed by atoms with E-state index in [1.165, 1.54) is 0 Å². The van der Waals surface area contributed by atoms with Crippen LogP contribution in [0.4, 0.5) is 10.7 Å². The van der Waals surface area contributed by atoms with E-state index in [1.54, 1.807) is 0 Å². The number of imidazole rings is 1. The molecule has 1 saturated heterocycles. The molecule has 1 amide bonds. The van der Waals surface area contributed by atoms with Gasteiger partial charge in [-0.25, -0.2) is 9.78 Å². The van der Waals surface area contributed by atoms with Crippen LogP contribution in [0.1, 0.15) is 45.6 Å². The van der Waals surface area contributed by atoms with E-state index < -0.39 is 5.60 Å². The number of likely N-dealkylation sites (tertiary alicyclic amines) is 1. The van der Waals surface area contributed by atoms with Gasteiger partial charge in [-0.15, -0.1) is 0 Å². The lowest BCUT2D eigenvalue weighted by Crippen LogP contribution is -2.49. The average Bonchev–Trinajstić information content (AvgIpc) is 3.09. The maximum atomic E-state index is 12.8. The summed E-state index contributed by atoms with van der Waals surface area (Å²) in [5, 5.41) is 4.24. The zero-order valence-electron chi connectivity index (χ0n) is 19.0. The molecule has 1 aliphatic heterocycles. The Morgan fingerprint density at radius 2 is 2.00 bits per heavy atom. The van der Waals surface area contributed by atoms with Crippen molar-refractivity contribution in [3.63, 3.8) is 0 Å². The third-order valence-corrected chi connectivity index (χ3v) is 5.87. The van der Waals surface area contributed by atoms with Crippen molar-refractivity contribution in [2.45, 2.75) is 58.2 Å². The number of hydrogen-bond donors (Lipinski definition) is 1. The second-order valence-electron chi connectivity index (χ2n) is 9.34. The molecule has 0 spiro atoms. The molecule has 32 heavy (non-hydrogen) atoms. The number of hydrogen-bond acceptors (Lipinski definition) is 4. The lowest BCUT2D eigenvalue weighted by atomic mass is 10.0. The largest absolute Gasteiger partial charge is 0.444 e. The second-order valence-corrected chi connectivity index (χ2v) is 9.78. The van der Waals surface area contributed by atoms with Gasteiger partial charge in [0.2, 0.25) is 5.95 Å². The number of carbonyl (C=O) groups is 1. The predicted octanol–water partition coefficient (Wildman–Crippen LogP) is 5.94. The van der Waals surface area contributed by atoms with Gasteiger partial charge in [0.25, 0.3) is 0 Å². The fourth-order valence-corrected chi connectivity index (χ4v) is 4.38. The number of nitrogens with one attached hydrogen (secondary N) is 1. The molecule has 1 N–H and O–H groups in total. The molecule has 0 saturated carbocycles. The minimum atomic E-state index is -0.503. The minimum Gasteiger partial charge on any atom is -0.444 e. The number of para-hydroxylation sites is 2. The number of fused-ring (bicyclic) bond motifs is 1. The summed E-state index contributed by atoms with van der Waals surface area (Å²) in [6.07, 6.45) is 2.81. The maximum absolute atomic E-state index is 12.8. The normalized spacial score (nSPS) is 16.9. The molecule has 2 aromatic carbocycles. The summed E-state index contributed by atoms with van der Waals surface area (Å²) in [5.41, 5.74) is 2.60. The number of halogens is 1. The van der Waals surface area contributed by atoms with E-state index in [0.29, 0.717) is 13.1 Å². The number of aromatic nitrogens is 2. The summed E-state index contributed by atoms with van der Waals surface area (Å²) in [4.78, 5) is 19.5. The Hall–Kier alpha value is -2.73. The summed E-state index contributed by atoms with van der Waals surface area (Å²) < 4.78 is 7.82.